The summed E-state index contributed by atoms with van der Waals surface area (Å²) in [5.74, 6) is -1.46. The Kier molecular flexibility index (Phi) is 5.36. The van der Waals surface area contributed by atoms with Gasteiger partial charge in [-0.25, -0.2) is 0 Å². The second-order valence-electron chi connectivity index (χ2n) is 4.48. The Hall–Kier alpha value is -1.84. The molecule has 0 aliphatic carbocycles. The van der Waals surface area contributed by atoms with Gasteiger partial charge in [-0.05, 0) is 18.9 Å². The third-order valence-electron chi connectivity index (χ3n) is 2.90. The minimum absolute atomic E-state index is 0.0566. The zero-order valence-corrected chi connectivity index (χ0v) is 10.7. The minimum Gasteiger partial charge on any atom is -0.481 e. The predicted octanol–water partition coefficient (Wildman–Crippen LogP) is 2.36. The molecule has 0 radical (unpaired) electrons. The van der Waals surface area contributed by atoms with Crippen molar-refractivity contribution >= 4 is 11.9 Å². The van der Waals surface area contributed by atoms with Gasteiger partial charge >= 0.3 is 5.97 Å². The van der Waals surface area contributed by atoms with Crippen LogP contribution in [0.25, 0.3) is 0 Å². The summed E-state index contributed by atoms with van der Waals surface area (Å²) in [6, 6.07) is 9.61. The summed E-state index contributed by atoms with van der Waals surface area (Å²) in [7, 11) is 0. The molecule has 2 N–H and O–H groups in total. The number of hydrogen-bond acceptors (Lipinski definition) is 2. The molecule has 0 spiro atoms. The van der Waals surface area contributed by atoms with E-state index in [9.17, 15) is 9.59 Å². The van der Waals surface area contributed by atoms with Gasteiger partial charge in [0.15, 0.2) is 0 Å². The number of rotatable bonds is 6. The zero-order valence-electron chi connectivity index (χ0n) is 10.7. The lowest BCUT2D eigenvalue weighted by Crippen LogP contribution is -2.27. The molecule has 4 nitrogen and oxygen atoms in total. The van der Waals surface area contributed by atoms with Gasteiger partial charge in [-0.3, -0.25) is 9.59 Å². The van der Waals surface area contributed by atoms with Crippen LogP contribution in [0.3, 0.4) is 0 Å². The summed E-state index contributed by atoms with van der Waals surface area (Å²) in [6.45, 7) is 3.52. The number of carboxylic acid groups (broad SMARTS) is 1. The first kappa shape index (κ1) is 14.2. The normalized spacial score (nSPS) is 13.7. The summed E-state index contributed by atoms with van der Waals surface area (Å²) in [4.78, 5) is 22.3. The average Bonchev–Trinajstić information content (AvgIpc) is 2.36. The van der Waals surface area contributed by atoms with Crippen molar-refractivity contribution in [2.45, 2.75) is 32.7 Å². The van der Waals surface area contributed by atoms with Crippen LogP contribution in [0, 0.1) is 5.92 Å². The van der Waals surface area contributed by atoms with Gasteiger partial charge in [-0.1, -0.05) is 37.3 Å². The summed E-state index contributed by atoms with van der Waals surface area (Å²) in [6.07, 6.45) is 0.604. The van der Waals surface area contributed by atoms with Crippen LogP contribution >= 0.6 is 0 Å². The molecule has 1 aromatic rings. The molecule has 0 saturated heterocycles. The van der Waals surface area contributed by atoms with Gasteiger partial charge in [0.25, 0.3) is 0 Å². The molecule has 0 bridgehead atoms. The molecule has 4 heteroatoms. The maximum absolute atomic E-state index is 11.6. The fourth-order valence-corrected chi connectivity index (χ4v) is 1.61. The number of benzene rings is 1. The van der Waals surface area contributed by atoms with Crippen molar-refractivity contribution in [1.29, 1.82) is 0 Å². The first-order valence-corrected chi connectivity index (χ1v) is 6.08. The number of carboxylic acids is 1. The quantitative estimate of drug-likeness (QED) is 0.813. The monoisotopic (exact) mass is 249 g/mol. The van der Waals surface area contributed by atoms with Crippen molar-refractivity contribution in [3.05, 3.63) is 35.9 Å². The van der Waals surface area contributed by atoms with Crippen LogP contribution in [0.15, 0.2) is 30.3 Å². The number of carbonyl (C=O) groups excluding carboxylic acids is 1. The van der Waals surface area contributed by atoms with Crippen molar-refractivity contribution in [3.63, 3.8) is 0 Å². The van der Waals surface area contributed by atoms with Crippen LogP contribution in [0.5, 0.6) is 0 Å². The molecular formula is C14H19NO3. The topological polar surface area (TPSA) is 66.4 Å². The number of aliphatic carboxylic acids is 1. The van der Waals surface area contributed by atoms with Crippen LogP contribution in [-0.4, -0.2) is 17.0 Å². The van der Waals surface area contributed by atoms with Crippen LogP contribution in [-0.2, 0) is 9.59 Å². The Morgan fingerprint density at radius 3 is 2.39 bits per heavy atom. The molecule has 1 rings (SSSR count). The first-order valence-electron chi connectivity index (χ1n) is 6.08. The van der Waals surface area contributed by atoms with Crippen molar-refractivity contribution in [1.82, 2.24) is 5.32 Å². The van der Waals surface area contributed by atoms with E-state index < -0.39 is 11.9 Å². The van der Waals surface area contributed by atoms with Gasteiger partial charge in [0.1, 0.15) is 0 Å². The molecule has 0 fully saturated rings. The fourth-order valence-electron chi connectivity index (χ4n) is 1.61. The number of hydrogen-bond donors (Lipinski definition) is 2. The molecule has 0 aromatic heterocycles. The highest BCUT2D eigenvalue weighted by Crippen LogP contribution is 2.12. The second-order valence-corrected chi connectivity index (χ2v) is 4.48. The van der Waals surface area contributed by atoms with Gasteiger partial charge in [-0.2, -0.15) is 0 Å². The SMILES string of the molecule is CC(CCC(=O)NC(C)c1ccccc1)C(=O)O. The predicted molar refractivity (Wildman–Crippen MR) is 69.0 cm³/mol. The van der Waals surface area contributed by atoms with Crippen molar-refractivity contribution in [2.24, 2.45) is 5.92 Å². The lowest BCUT2D eigenvalue weighted by atomic mass is 10.0. The Bertz CT molecular complexity index is 403. The number of nitrogens with one attached hydrogen (secondary N) is 1. The molecule has 1 amide bonds. The maximum Gasteiger partial charge on any atom is 0.306 e. The van der Waals surface area contributed by atoms with Crippen molar-refractivity contribution < 1.29 is 14.7 Å². The standard InChI is InChI=1S/C14H19NO3/c1-10(14(17)18)8-9-13(16)15-11(2)12-6-4-3-5-7-12/h3-7,10-11H,8-9H2,1-2H3,(H,15,16)(H,17,18). The van der Waals surface area contributed by atoms with Crippen LogP contribution in [0.1, 0.15) is 38.3 Å². The highest BCUT2D eigenvalue weighted by molar-refractivity contribution is 5.77. The Labute approximate surface area is 107 Å². The van der Waals surface area contributed by atoms with E-state index in [0.29, 0.717) is 6.42 Å². The fraction of sp³-hybridized carbons (Fsp3) is 0.429. The molecular weight excluding hydrogens is 230 g/mol. The van der Waals surface area contributed by atoms with Crippen LogP contribution < -0.4 is 5.32 Å². The van der Waals surface area contributed by atoms with Crippen molar-refractivity contribution in [3.8, 4) is 0 Å². The van der Waals surface area contributed by atoms with Crippen LogP contribution in [0.4, 0.5) is 0 Å². The largest absolute Gasteiger partial charge is 0.481 e. The van der Waals surface area contributed by atoms with E-state index in [1.54, 1.807) is 6.92 Å². The Balaban J connectivity index is 2.39. The van der Waals surface area contributed by atoms with Gasteiger partial charge in [0, 0.05) is 6.42 Å². The van der Waals surface area contributed by atoms with E-state index in [2.05, 4.69) is 5.32 Å². The van der Waals surface area contributed by atoms with Crippen LogP contribution in [0.2, 0.25) is 0 Å². The third-order valence-corrected chi connectivity index (χ3v) is 2.90. The van der Waals surface area contributed by atoms with Gasteiger partial charge in [-0.15, -0.1) is 0 Å². The number of carbonyl (C=O) groups is 2. The van der Waals surface area contributed by atoms with Gasteiger partial charge in [0.05, 0.1) is 12.0 Å². The molecule has 0 heterocycles. The second kappa shape index (κ2) is 6.79. The van der Waals surface area contributed by atoms with E-state index in [-0.39, 0.29) is 18.4 Å². The van der Waals surface area contributed by atoms with E-state index in [1.807, 2.05) is 37.3 Å². The molecule has 2 unspecified atom stereocenters. The lowest BCUT2D eigenvalue weighted by Gasteiger charge is -2.14. The molecule has 2 atom stereocenters. The average molecular weight is 249 g/mol. The van der Waals surface area contributed by atoms with Gasteiger partial charge in [0.2, 0.25) is 5.91 Å². The molecule has 98 valence electrons. The molecule has 1 aromatic carbocycles. The van der Waals surface area contributed by atoms with E-state index >= 15 is 0 Å². The number of amides is 1. The minimum atomic E-state index is -0.862. The third kappa shape index (κ3) is 4.57. The molecule has 0 aliphatic rings. The van der Waals surface area contributed by atoms with Gasteiger partial charge < -0.3 is 10.4 Å². The summed E-state index contributed by atoms with van der Waals surface area (Å²) in [5.41, 5.74) is 1.04. The highest BCUT2D eigenvalue weighted by atomic mass is 16.4. The summed E-state index contributed by atoms with van der Waals surface area (Å²) < 4.78 is 0. The molecule has 18 heavy (non-hydrogen) atoms. The highest BCUT2D eigenvalue weighted by Gasteiger charge is 2.14. The Morgan fingerprint density at radius 1 is 1.22 bits per heavy atom. The Morgan fingerprint density at radius 2 is 1.83 bits per heavy atom. The molecule has 0 saturated carbocycles. The van der Waals surface area contributed by atoms with Crippen molar-refractivity contribution in [2.75, 3.05) is 0 Å². The maximum atomic E-state index is 11.6. The molecule has 0 aliphatic heterocycles. The van der Waals surface area contributed by atoms with E-state index in [0.717, 1.165) is 5.56 Å². The van der Waals surface area contributed by atoms with E-state index in [4.69, 9.17) is 5.11 Å². The summed E-state index contributed by atoms with van der Waals surface area (Å²) >= 11 is 0. The summed E-state index contributed by atoms with van der Waals surface area (Å²) in [5, 5.41) is 11.6. The smallest absolute Gasteiger partial charge is 0.306 e. The van der Waals surface area contributed by atoms with E-state index in [1.165, 1.54) is 0 Å². The zero-order chi connectivity index (χ0) is 13.5. The lowest BCUT2D eigenvalue weighted by molar-refractivity contribution is -0.141. The first-order chi connectivity index (χ1) is 8.50.